The Morgan fingerprint density at radius 1 is 1.31 bits per heavy atom. The Kier molecular flexibility index (Phi) is 5.65. The van der Waals surface area contributed by atoms with Crippen LogP contribution in [0, 0.1) is 5.82 Å². The molecule has 4 N–H and O–H groups in total. The van der Waals surface area contributed by atoms with Crippen LogP contribution in [0.5, 0.6) is 0 Å². The SMILES string of the molecule is O=C(NC(CO)CC(O)c1ccccc1)c1nc2cc(Br)c(F)cc2[nH]1. The molecule has 136 valence electrons. The standard InChI is InChI=1S/C18H17BrFN3O3/c19-12-7-14-15(8-13(12)20)23-17(22-14)18(26)21-11(9-24)6-16(25)10-4-2-1-3-5-10/h1-5,7-8,11,16,24-25H,6,9H2,(H,21,26)(H,22,23). The van der Waals surface area contributed by atoms with Gasteiger partial charge in [0.15, 0.2) is 5.82 Å². The average molecular weight is 422 g/mol. The summed E-state index contributed by atoms with van der Waals surface area (Å²) in [6.07, 6.45) is -0.679. The first-order valence-electron chi connectivity index (χ1n) is 7.97. The minimum Gasteiger partial charge on any atom is -0.394 e. The Labute approximate surface area is 157 Å². The third-order valence-corrected chi connectivity index (χ3v) is 4.59. The molecule has 2 aromatic carbocycles. The number of carbonyl (C=O) groups excluding carboxylic acids is 1. The molecule has 0 radical (unpaired) electrons. The highest BCUT2D eigenvalue weighted by Crippen LogP contribution is 2.22. The van der Waals surface area contributed by atoms with Gasteiger partial charge in [-0.2, -0.15) is 0 Å². The Balaban J connectivity index is 1.71. The number of halogens is 2. The third-order valence-electron chi connectivity index (χ3n) is 3.99. The van der Waals surface area contributed by atoms with Crippen molar-refractivity contribution in [2.75, 3.05) is 6.61 Å². The van der Waals surface area contributed by atoms with Crippen LogP contribution in [0.2, 0.25) is 0 Å². The van der Waals surface area contributed by atoms with E-state index < -0.39 is 23.9 Å². The molecule has 0 spiro atoms. The van der Waals surface area contributed by atoms with Crippen LogP contribution in [0.1, 0.15) is 28.7 Å². The molecule has 6 nitrogen and oxygen atoms in total. The van der Waals surface area contributed by atoms with Gasteiger partial charge < -0.3 is 20.5 Å². The zero-order valence-corrected chi connectivity index (χ0v) is 15.2. The molecule has 0 fully saturated rings. The van der Waals surface area contributed by atoms with Crippen molar-refractivity contribution in [1.82, 2.24) is 15.3 Å². The Hall–Kier alpha value is -2.29. The van der Waals surface area contributed by atoms with E-state index in [-0.39, 0.29) is 23.3 Å². The van der Waals surface area contributed by atoms with E-state index >= 15 is 0 Å². The van der Waals surface area contributed by atoms with Crippen LogP contribution in [-0.2, 0) is 0 Å². The zero-order valence-electron chi connectivity index (χ0n) is 13.6. The van der Waals surface area contributed by atoms with E-state index in [1.165, 1.54) is 12.1 Å². The van der Waals surface area contributed by atoms with Crippen LogP contribution < -0.4 is 5.32 Å². The van der Waals surface area contributed by atoms with Crippen molar-refractivity contribution in [1.29, 1.82) is 0 Å². The second kappa shape index (κ2) is 7.94. The number of hydrogen-bond donors (Lipinski definition) is 4. The number of aromatic nitrogens is 2. The lowest BCUT2D eigenvalue weighted by Gasteiger charge is -2.19. The van der Waals surface area contributed by atoms with Gasteiger partial charge in [-0.25, -0.2) is 9.37 Å². The van der Waals surface area contributed by atoms with Crippen molar-refractivity contribution in [3.63, 3.8) is 0 Å². The highest BCUT2D eigenvalue weighted by molar-refractivity contribution is 9.10. The van der Waals surface area contributed by atoms with Gasteiger partial charge in [0, 0.05) is 6.07 Å². The van der Waals surface area contributed by atoms with Gasteiger partial charge in [0.2, 0.25) is 0 Å². The molecule has 1 amide bonds. The van der Waals surface area contributed by atoms with Crippen LogP contribution in [-0.4, -0.2) is 38.7 Å². The number of fused-ring (bicyclic) bond motifs is 1. The fraction of sp³-hybridized carbons (Fsp3) is 0.222. The van der Waals surface area contributed by atoms with Gasteiger partial charge >= 0.3 is 0 Å². The monoisotopic (exact) mass is 421 g/mol. The summed E-state index contributed by atoms with van der Waals surface area (Å²) in [5.74, 6) is -1.01. The maximum Gasteiger partial charge on any atom is 0.287 e. The largest absolute Gasteiger partial charge is 0.394 e. The zero-order chi connectivity index (χ0) is 18.7. The van der Waals surface area contributed by atoms with E-state index in [0.717, 1.165) is 0 Å². The first kappa shape index (κ1) is 18.5. The number of benzene rings is 2. The molecule has 0 aliphatic rings. The van der Waals surface area contributed by atoms with Crippen molar-refractivity contribution in [3.05, 3.63) is 64.1 Å². The predicted molar refractivity (Wildman–Crippen MR) is 98.1 cm³/mol. The van der Waals surface area contributed by atoms with Crippen LogP contribution in [0.15, 0.2) is 46.9 Å². The molecule has 2 atom stereocenters. The molecular formula is C18H17BrFN3O3. The number of nitrogens with one attached hydrogen (secondary N) is 2. The molecule has 0 aliphatic carbocycles. The predicted octanol–water partition coefficient (Wildman–Crippen LogP) is 2.68. The number of rotatable bonds is 6. The molecule has 1 aromatic heterocycles. The average Bonchev–Trinajstić information content (AvgIpc) is 3.05. The van der Waals surface area contributed by atoms with Crippen molar-refractivity contribution >= 4 is 32.9 Å². The molecule has 0 saturated heterocycles. The van der Waals surface area contributed by atoms with Gasteiger partial charge in [0.1, 0.15) is 5.82 Å². The summed E-state index contributed by atoms with van der Waals surface area (Å²) in [4.78, 5) is 19.2. The number of carbonyl (C=O) groups is 1. The van der Waals surface area contributed by atoms with E-state index in [1.54, 1.807) is 24.3 Å². The topological polar surface area (TPSA) is 98.2 Å². The molecule has 8 heteroatoms. The van der Waals surface area contributed by atoms with Crippen molar-refractivity contribution < 1.29 is 19.4 Å². The van der Waals surface area contributed by atoms with Gasteiger partial charge in [-0.15, -0.1) is 0 Å². The summed E-state index contributed by atoms with van der Waals surface area (Å²) in [5, 5.41) is 22.4. The molecule has 26 heavy (non-hydrogen) atoms. The molecule has 0 aliphatic heterocycles. The molecule has 2 unspecified atom stereocenters. The highest BCUT2D eigenvalue weighted by atomic mass is 79.9. The third kappa shape index (κ3) is 4.09. The first-order valence-corrected chi connectivity index (χ1v) is 8.76. The van der Waals surface area contributed by atoms with E-state index in [0.29, 0.717) is 16.6 Å². The fourth-order valence-electron chi connectivity index (χ4n) is 2.63. The highest BCUT2D eigenvalue weighted by Gasteiger charge is 2.20. The minimum absolute atomic E-state index is 0.00477. The van der Waals surface area contributed by atoms with E-state index in [1.807, 2.05) is 6.07 Å². The van der Waals surface area contributed by atoms with Crippen LogP contribution in [0.3, 0.4) is 0 Å². The summed E-state index contributed by atoms with van der Waals surface area (Å²) in [6, 6.07) is 11.0. The van der Waals surface area contributed by atoms with Gasteiger partial charge in [-0.05, 0) is 34.0 Å². The lowest BCUT2D eigenvalue weighted by molar-refractivity contribution is 0.0857. The van der Waals surface area contributed by atoms with E-state index in [2.05, 4.69) is 31.2 Å². The van der Waals surface area contributed by atoms with E-state index in [4.69, 9.17) is 0 Å². The second-order valence-electron chi connectivity index (χ2n) is 5.88. The minimum atomic E-state index is -0.825. The molecule has 3 rings (SSSR count). The summed E-state index contributed by atoms with van der Waals surface area (Å²) in [6.45, 7) is -0.337. The molecule has 0 saturated carbocycles. The van der Waals surface area contributed by atoms with Gasteiger partial charge in [0.05, 0.1) is 34.3 Å². The normalized spacial score (nSPS) is 13.5. The smallest absolute Gasteiger partial charge is 0.287 e. The van der Waals surface area contributed by atoms with E-state index in [9.17, 15) is 19.4 Å². The number of aliphatic hydroxyl groups is 2. The maximum atomic E-state index is 13.6. The van der Waals surface area contributed by atoms with Crippen LogP contribution in [0.4, 0.5) is 4.39 Å². The number of amides is 1. The second-order valence-corrected chi connectivity index (χ2v) is 6.74. The summed E-state index contributed by atoms with van der Waals surface area (Å²) in [5.41, 5.74) is 1.53. The van der Waals surface area contributed by atoms with Crippen molar-refractivity contribution in [2.45, 2.75) is 18.6 Å². The number of aromatic amines is 1. The van der Waals surface area contributed by atoms with Gasteiger partial charge in [-0.3, -0.25) is 4.79 Å². The quantitative estimate of drug-likeness (QED) is 0.491. The number of aliphatic hydroxyl groups excluding tert-OH is 2. The van der Waals surface area contributed by atoms with Crippen molar-refractivity contribution in [3.8, 4) is 0 Å². The number of H-pyrrole nitrogens is 1. The number of nitrogens with zero attached hydrogens (tertiary/aromatic N) is 1. The Morgan fingerprint density at radius 3 is 2.73 bits per heavy atom. The van der Waals surface area contributed by atoms with Crippen LogP contribution >= 0.6 is 15.9 Å². The molecule has 0 bridgehead atoms. The van der Waals surface area contributed by atoms with Gasteiger partial charge in [0.25, 0.3) is 5.91 Å². The van der Waals surface area contributed by atoms with Gasteiger partial charge in [-0.1, -0.05) is 30.3 Å². The lowest BCUT2D eigenvalue weighted by atomic mass is 10.0. The summed E-state index contributed by atoms with van der Waals surface area (Å²) < 4.78 is 13.8. The maximum absolute atomic E-state index is 13.6. The van der Waals surface area contributed by atoms with Crippen molar-refractivity contribution in [2.24, 2.45) is 0 Å². The number of hydrogen-bond acceptors (Lipinski definition) is 4. The Morgan fingerprint density at radius 2 is 2.04 bits per heavy atom. The Bertz CT molecular complexity index is 878. The fourth-order valence-corrected chi connectivity index (χ4v) is 2.96. The summed E-state index contributed by atoms with van der Waals surface area (Å²) in [7, 11) is 0. The van der Waals surface area contributed by atoms with Crippen LogP contribution in [0.25, 0.3) is 11.0 Å². The first-order chi connectivity index (χ1) is 12.5. The lowest BCUT2D eigenvalue weighted by Crippen LogP contribution is -2.39. The molecule has 3 aromatic rings. The molecular weight excluding hydrogens is 405 g/mol. The number of imidazole rings is 1. The molecule has 1 heterocycles. The summed E-state index contributed by atoms with van der Waals surface area (Å²) >= 11 is 3.07.